The fourth-order valence-corrected chi connectivity index (χ4v) is 5.49. The van der Waals surface area contributed by atoms with Gasteiger partial charge in [0.1, 0.15) is 15.8 Å². The van der Waals surface area contributed by atoms with E-state index in [0.29, 0.717) is 59.0 Å². The predicted octanol–water partition coefficient (Wildman–Crippen LogP) is 2.89. The van der Waals surface area contributed by atoms with E-state index in [9.17, 15) is 14.4 Å². The Morgan fingerprint density at radius 3 is 2.56 bits per heavy atom. The molecule has 4 heterocycles. The van der Waals surface area contributed by atoms with Crippen LogP contribution in [0.1, 0.15) is 31.9 Å². The van der Waals surface area contributed by atoms with Crippen LogP contribution in [-0.4, -0.2) is 74.3 Å². The Bertz CT molecular complexity index is 1250. The number of thiocarbonyl (C=S) groups is 1. The van der Waals surface area contributed by atoms with Gasteiger partial charge in [-0.05, 0) is 45.4 Å². The van der Waals surface area contributed by atoms with E-state index in [1.165, 1.54) is 16.2 Å². The lowest BCUT2D eigenvalue weighted by atomic mass is 10.2. The van der Waals surface area contributed by atoms with Gasteiger partial charge in [0, 0.05) is 38.4 Å². The molecule has 2 aliphatic heterocycles. The second-order valence-corrected chi connectivity index (χ2v) is 10.1. The predicted molar refractivity (Wildman–Crippen MR) is 137 cm³/mol. The first-order valence-corrected chi connectivity index (χ1v) is 12.4. The summed E-state index contributed by atoms with van der Waals surface area (Å²) < 4.78 is 7.08. The van der Waals surface area contributed by atoms with Crippen molar-refractivity contribution in [3.05, 3.63) is 44.7 Å². The molecule has 0 N–H and O–H groups in total. The molecule has 0 spiro atoms. The van der Waals surface area contributed by atoms with E-state index < -0.39 is 0 Å². The van der Waals surface area contributed by atoms with Crippen molar-refractivity contribution in [3.63, 3.8) is 0 Å². The second-order valence-electron chi connectivity index (χ2n) is 8.41. The average Bonchev–Trinajstić information content (AvgIpc) is 3.09. The lowest BCUT2D eigenvalue weighted by Gasteiger charge is -2.35. The highest BCUT2D eigenvalue weighted by molar-refractivity contribution is 8.26. The van der Waals surface area contributed by atoms with E-state index in [1.54, 1.807) is 35.1 Å². The van der Waals surface area contributed by atoms with Crippen LogP contribution >= 0.6 is 24.0 Å². The zero-order chi connectivity index (χ0) is 24.6. The highest BCUT2D eigenvalue weighted by Crippen LogP contribution is 2.34. The van der Waals surface area contributed by atoms with E-state index in [1.807, 2.05) is 31.7 Å². The van der Waals surface area contributed by atoms with Gasteiger partial charge in [0.05, 0.1) is 17.1 Å². The maximum atomic E-state index is 13.6. The molecule has 2 saturated heterocycles. The van der Waals surface area contributed by atoms with Crippen molar-refractivity contribution in [3.8, 4) is 0 Å². The summed E-state index contributed by atoms with van der Waals surface area (Å²) in [7, 11) is 0. The Morgan fingerprint density at radius 2 is 1.94 bits per heavy atom. The minimum Gasteiger partial charge on any atom is -0.450 e. The molecule has 0 bridgehead atoms. The molecule has 0 aromatic carbocycles. The summed E-state index contributed by atoms with van der Waals surface area (Å²) in [5, 5.41) is 0. The summed E-state index contributed by atoms with van der Waals surface area (Å²) in [6.45, 7) is 9.67. The Hall–Kier alpha value is -2.92. The number of rotatable bonds is 4. The highest BCUT2D eigenvalue weighted by atomic mass is 32.2. The smallest absolute Gasteiger partial charge is 0.409 e. The molecule has 2 fully saturated rings. The molecule has 4 rings (SSSR count). The molecule has 2 aromatic rings. The Morgan fingerprint density at radius 1 is 1.24 bits per heavy atom. The molecule has 0 saturated carbocycles. The van der Waals surface area contributed by atoms with Crippen molar-refractivity contribution in [1.29, 1.82) is 0 Å². The number of ether oxygens (including phenoxy) is 1. The number of carbonyl (C=O) groups excluding carboxylic acids is 2. The first kappa shape index (κ1) is 24.2. The van der Waals surface area contributed by atoms with Gasteiger partial charge in [0.2, 0.25) is 0 Å². The average molecular weight is 502 g/mol. The molecule has 180 valence electrons. The van der Waals surface area contributed by atoms with Crippen LogP contribution in [0.4, 0.5) is 10.6 Å². The van der Waals surface area contributed by atoms with Gasteiger partial charge >= 0.3 is 6.09 Å². The van der Waals surface area contributed by atoms with Crippen LogP contribution in [-0.2, 0) is 9.53 Å². The van der Waals surface area contributed by atoms with Crippen LogP contribution in [0.5, 0.6) is 0 Å². The van der Waals surface area contributed by atoms with Gasteiger partial charge in [0.15, 0.2) is 0 Å². The molecular weight excluding hydrogens is 474 g/mol. The maximum Gasteiger partial charge on any atom is 0.409 e. The quantitative estimate of drug-likeness (QED) is 0.467. The number of nitrogens with zero attached hydrogens (tertiary/aromatic N) is 5. The van der Waals surface area contributed by atoms with Crippen LogP contribution in [0.25, 0.3) is 11.7 Å². The molecule has 9 nitrogen and oxygen atoms in total. The number of hydrogen-bond acceptors (Lipinski definition) is 8. The number of anilines is 1. The van der Waals surface area contributed by atoms with Crippen molar-refractivity contribution in [2.45, 2.75) is 33.7 Å². The first-order chi connectivity index (χ1) is 16.2. The number of hydrogen-bond donors (Lipinski definition) is 0. The van der Waals surface area contributed by atoms with Crippen LogP contribution < -0.4 is 10.5 Å². The van der Waals surface area contributed by atoms with E-state index >= 15 is 0 Å². The van der Waals surface area contributed by atoms with Crippen molar-refractivity contribution < 1.29 is 14.3 Å². The third-order valence-electron chi connectivity index (χ3n) is 5.71. The summed E-state index contributed by atoms with van der Waals surface area (Å²) in [6.07, 6.45) is 3.00. The van der Waals surface area contributed by atoms with Gasteiger partial charge < -0.3 is 14.5 Å². The van der Waals surface area contributed by atoms with Crippen LogP contribution in [0.2, 0.25) is 0 Å². The van der Waals surface area contributed by atoms with E-state index in [-0.39, 0.29) is 23.6 Å². The fourth-order valence-electron chi connectivity index (χ4n) is 3.99. The normalized spacial score (nSPS) is 18.0. The SMILES string of the molecule is CCOC(=O)N1CCN(c2nc3ccc(C)cn3c(=O)c2C=C2SC(=S)N(C(C)C)C2=O)CC1. The van der Waals surface area contributed by atoms with Crippen LogP contribution in [0.15, 0.2) is 28.0 Å². The van der Waals surface area contributed by atoms with Gasteiger partial charge in [-0.3, -0.25) is 18.9 Å². The molecule has 0 atom stereocenters. The van der Waals surface area contributed by atoms with E-state index in [2.05, 4.69) is 0 Å². The third kappa shape index (κ3) is 4.54. The number of thioether (sulfide) groups is 1. The van der Waals surface area contributed by atoms with Crippen LogP contribution in [0, 0.1) is 6.92 Å². The van der Waals surface area contributed by atoms with Gasteiger partial charge in [-0.2, -0.15) is 0 Å². The lowest BCUT2D eigenvalue weighted by Crippen LogP contribution is -2.49. The number of piperazine rings is 1. The zero-order valence-electron chi connectivity index (χ0n) is 19.6. The molecule has 34 heavy (non-hydrogen) atoms. The molecule has 0 radical (unpaired) electrons. The molecule has 0 unspecified atom stereocenters. The van der Waals surface area contributed by atoms with Crippen molar-refractivity contribution in [1.82, 2.24) is 19.2 Å². The summed E-state index contributed by atoms with van der Waals surface area (Å²) >= 11 is 6.59. The lowest BCUT2D eigenvalue weighted by molar-refractivity contribution is -0.123. The monoisotopic (exact) mass is 501 g/mol. The minimum atomic E-state index is -0.346. The van der Waals surface area contributed by atoms with E-state index in [0.717, 1.165) is 5.56 Å². The van der Waals surface area contributed by atoms with E-state index in [4.69, 9.17) is 21.9 Å². The Kier molecular flexibility index (Phi) is 6.94. The van der Waals surface area contributed by atoms with Gasteiger partial charge in [-0.25, -0.2) is 9.78 Å². The minimum absolute atomic E-state index is 0.0766. The molecular formula is C23H27N5O4S2. The fraction of sp³-hybridized carbons (Fsp3) is 0.435. The highest BCUT2D eigenvalue weighted by Gasteiger charge is 2.35. The largest absolute Gasteiger partial charge is 0.450 e. The van der Waals surface area contributed by atoms with Gasteiger partial charge in [-0.15, -0.1) is 0 Å². The third-order valence-corrected chi connectivity index (χ3v) is 7.04. The number of carbonyl (C=O) groups is 2. The molecule has 2 aromatic heterocycles. The summed E-state index contributed by atoms with van der Waals surface area (Å²) in [4.78, 5) is 49.1. The zero-order valence-corrected chi connectivity index (χ0v) is 21.2. The number of fused-ring (bicyclic) bond motifs is 1. The summed E-state index contributed by atoms with van der Waals surface area (Å²) in [5.41, 5.74) is 1.51. The topological polar surface area (TPSA) is 87.5 Å². The Balaban J connectivity index is 1.77. The summed E-state index contributed by atoms with van der Waals surface area (Å²) in [5.74, 6) is 0.281. The van der Waals surface area contributed by atoms with Crippen molar-refractivity contribution >= 4 is 57.8 Å². The van der Waals surface area contributed by atoms with Gasteiger partial charge in [-0.1, -0.05) is 30.0 Å². The Labute approximate surface area is 207 Å². The first-order valence-electron chi connectivity index (χ1n) is 11.2. The maximum absolute atomic E-state index is 13.6. The van der Waals surface area contributed by atoms with Crippen molar-refractivity contribution in [2.24, 2.45) is 0 Å². The summed E-state index contributed by atoms with van der Waals surface area (Å²) in [6, 6.07) is 3.63. The molecule has 0 aliphatic carbocycles. The molecule has 2 amide bonds. The number of aryl methyl sites for hydroxylation is 1. The van der Waals surface area contributed by atoms with Crippen LogP contribution in [0.3, 0.4) is 0 Å². The van der Waals surface area contributed by atoms with Crippen molar-refractivity contribution in [2.75, 3.05) is 37.7 Å². The molecule has 11 heteroatoms. The number of amides is 2. The standard InChI is InChI=1S/C23H27N5O4S2/c1-5-32-22(31)26-10-8-25(9-11-26)19-16(12-17-21(30)28(14(2)3)23(33)34-17)20(29)27-13-15(4)6-7-18(27)24-19/h6-7,12-14H,5,8-11H2,1-4H3. The van der Waals surface area contributed by atoms with Gasteiger partial charge in [0.25, 0.3) is 11.5 Å². The molecule has 2 aliphatic rings. The number of pyridine rings is 1. The second kappa shape index (κ2) is 9.75. The number of aromatic nitrogens is 2.